The van der Waals surface area contributed by atoms with Crippen LogP contribution in [-0.4, -0.2) is 38.3 Å². The Labute approximate surface area is 206 Å². The summed E-state index contributed by atoms with van der Waals surface area (Å²) < 4.78 is 1.65. The van der Waals surface area contributed by atoms with Gasteiger partial charge in [-0.1, -0.05) is 18.2 Å². The Hall–Kier alpha value is -3.51. The molecule has 35 heavy (non-hydrogen) atoms. The van der Waals surface area contributed by atoms with Gasteiger partial charge in [0.25, 0.3) is 0 Å². The lowest BCUT2D eigenvalue weighted by Gasteiger charge is -2.26. The zero-order chi connectivity index (χ0) is 24.3. The minimum atomic E-state index is -0.0476. The summed E-state index contributed by atoms with van der Waals surface area (Å²) in [4.78, 5) is 20.6. The predicted octanol–water partition coefficient (Wildman–Crippen LogP) is 5.30. The zero-order valence-electron chi connectivity index (χ0n) is 20.6. The Balaban J connectivity index is 1.23. The van der Waals surface area contributed by atoms with Crippen molar-refractivity contribution in [2.45, 2.75) is 65.1 Å². The summed E-state index contributed by atoms with van der Waals surface area (Å²) >= 11 is 0. The fourth-order valence-electron chi connectivity index (χ4n) is 5.79. The number of carbonyl (C=O) groups is 1. The maximum atomic E-state index is 13.4. The molecule has 1 aromatic heterocycles. The molecule has 1 saturated heterocycles. The van der Waals surface area contributed by atoms with E-state index in [1.54, 1.807) is 10.9 Å². The summed E-state index contributed by atoms with van der Waals surface area (Å²) in [6, 6.07) is 13.9. The van der Waals surface area contributed by atoms with E-state index in [2.05, 4.69) is 53.1 Å². The van der Waals surface area contributed by atoms with Crippen molar-refractivity contribution in [2.75, 3.05) is 5.73 Å². The number of hydrogen-bond donors (Lipinski definition) is 1. The first kappa shape index (κ1) is 22.0. The van der Waals surface area contributed by atoms with E-state index in [1.807, 2.05) is 25.1 Å². The molecule has 6 rings (SSSR count). The van der Waals surface area contributed by atoms with Crippen LogP contribution in [0.2, 0.25) is 0 Å². The summed E-state index contributed by atoms with van der Waals surface area (Å²) in [5, 5.41) is 4.46. The summed E-state index contributed by atoms with van der Waals surface area (Å²) in [5.41, 5.74) is 15.4. The first-order valence-corrected chi connectivity index (χ1v) is 12.5. The van der Waals surface area contributed by atoms with E-state index >= 15 is 0 Å². The fourth-order valence-corrected chi connectivity index (χ4v) is 5.79. The van der Waals surface area contributed by atoms with E-state index in [4.69, 9.17) is 5.73 Å². The van der Waals surface area contributed by atoms with Gasteiger partial charge in [0.15, 0.2) is 5.78 Å². The molecule has 3 aromatic rings. The molecule has 0 saturated carbocycles. The van der Waals surface area contributed by atoms with Gasteiger partial charge in [-0.05, 0) is 80.1 Å². The Bertz CT molecular complexity index is 1400. The molecular weight excluding hydrogens is 434 g/mol. The third kappa shape index (κ3) is 3.82. The average molecular weight is 466 g/mol. The van der Waals surface area contributed by atoms with Crippen molar-refractivity contribution in [3.05, 3.63) is 76.0 Å². The highest BCUT2D eigenvalue weighted by Crippen LogP contribution is 2.33. The molecule has 6 nitrogen and oxygen atoms in total. The molecule has 2 atom stereocenters. The van der Waals surface area contributed by atoms with Crippen LogP contribution in [0, 0.1) is 0 Å². The SMILES string of the molecule is CC1=Nc2ccc(-n3ncc(C(=O)C4=Cc5cc(CN6C(C)CCC6C)ccc5C4)c3N)cc2C1. The van der Waals surface area contributed by atoms with Gasteiger partial charge in [0.2, 0.25) is 0 Å². The largest absolute Gasteiger partial charge is 0.383 e. The van der Waals surface area contributed by atoms with Crippen molar-refractivity contribution >= 4 is 29.1 Å². The van der Waals surface area contributed by atoms with Gasteiger partial charge in [-0.25, -0.2) is 4.68 Å². The first-order valence-electron chi connectivity index (χ1n) is 12.5. The number of allylic oxidation sites excluding steroid dienone is 1. The molecule has 6 heteroatoms. The lowest BCUT2D eigenvalue weighted by atomic mass is 10.0. The van der Waals surface area contributed by atoms with Crippen molar-refractivity contribution in [3.63, 3.8) is 0 Å². The zero-order valence-corrected chi connectivity index (χ0v) is 20.6. The molecule has 2 unspecified atom stereocenters. The number of aliphatic imine (C=N–C) groups is 1. The number of Topliss-reactive ketones (excluding diaryl/α,β-unsaturated/α-hetero) is 1. The van der Waals surface area contributed by atoms with Crippen molar-refractivity contribution in [1.82, 2.24) is 14.7 Å². The molecule has 1 aliphatic carbocycles. The van der Waals surface area contributed by atoms with Crippen molar-refractivity contribution in [1.29, 1.82) is 0 Å². The van der Waals surface area contributed by atoms with Crippen LogP contribution in [-0.2, 0) is 19.4 Å². The number of benzene rings is 2. The highest BCUT2D eigenvalue weighted by atomic mass is 16.1. The van der Waals surface area contributed by atoms with Crippen LogP contribution in [0.25, 0.3) is 11.8 Å². The minimum Gasteiger partial charge on any atom is -0.383 e. The number of nitrogen functional groups attached to an aromatic ring is 1. The van der Waals surface area contributed by atoms with E-state index in [0.29, 0.717) is 29.9 Å². The van der Waals surface area contributed by atoms with Gasteiger partial charge in [-0.2, -0.15) is 5.10 Å². The highest BCUT2D eigenvalue weighted by Gasteiger charge is 2.28. The Morgan fingerprint density at radius 1 is 1.06 bits per heavy atom. The fraction of sp³-hybridized carbons (Fsp3) is 0.345. The molecule has 0 radical (unpaired) electrons. The monoisotopic (exact) mass is 465 g/mol. The lowest BCUT2D eigenvalue weighted by molar-refractivity contribution is 0.103. The molecule has 3 heterocycles. The maximum absolute atomic E-state index is 13.4. The molecule has 0 bridgehead atoms. The van der Waals surface area contributed by atoms with E-state index in [-0.39, 0.29) is 5.78 Å². The third-order valence-corrected chi connectivity index (χ3v) is 7.83. The smallest absolute Gasteiger partial charge is 0.194 e. The van der Waals surface area contributed by atoms with Gasteiger partial charge in [0, 0.05) is 42.8 Å². The number of aromatic nitrogens is 2. The number of nitrogens with zero attached hydrogens (tertiary/aromatic N) is 4. The number of likely N-dealkylation sites (tertiary alicyclic amines) is 1. The Morgan fingerprint density at radius 3 is 2.66 bits per heavy atom. The molecule has 178 valence electrons. The molecule has 2 aromatic carbocycles. The number of hydrogen-bond acceptors (Lipinski definition) is 5. The standard InChI is InChI=1S/C29H31N5O/c1-17-10-23-14-25(8-9-27(23)32-17)34-29(30)26(15-31-34)28(35)24-12-21-7-6-20(11-22(21)13-24)16-33-18(2)4-5-19(33)3/h6-9,11,13-15,18-19H,4-5,10,12,16,30H2,1-3H3. The normalized spacial score (nSPS) is 21.1. The van der Waals surface area contributed by atoms with Gasteiger partial charge < -0.3 is 5.73 Å². The summed E-state index contributed by atoms with van der Waals surface area (Å²) in [5.74, 6) is 0.328. The second kappa shape index (κ2) is 8.31. The Kier molecular flexibility index (Phi) is 5.22. The molecule has 2 aliphatic heterocycles. The summed E-state index contributed by atoms with van der Waals surface area (Å²) in [6.07, 6.45) is 7.61. The second-order valence-electron chi connectivity index (χ2n) is 10.3. The topological polar surface area (TPSA) is 76.5 Å². The number of ketones is 1. The summed E-state index contributed by atoms with van der Waals surface area (Å²) in [7, 11) is 0. The van der Waals surface area contributed by atoms with Crippen LogP contribution in [0.15, 0.2) is 53.2 Å². The molecule has 3 aliphatic rings. The number of anilines is 1. The van der Waals surface area contributed by atoms with Crippen molar-refractivity contribution in [2.24, 2.45) is 4.99 Å². The van der Waals surface area contributed by atoms with Crippen LogP contribution >= 0.6 is 0 Å². The van der Waals surface area contributed by atoms with Gasteiger partial charge in [0.1, 0.15) is 5.82 Å². The molecular formula is C29H31N5O. The quantitative estimate of drug-likeness (QED) is 0.519. The van der Waals surface area contributed by atoms with Crippen LogP contribution in [0.1, 0.15) is 66.2 Å². The van der Waals surface area contributed by atoms with Gasteiger partial charge in [-0.3, -0.25) is 14.7 Å². The van der Waals surface area contributed by atoms with Crippen molar-refractivity contribution in [3.8, 4) is 5.69 Å². The lowest BCUT2D eigenvalue weighted by Crippen LogP contribution is -2.32. The predicted molar refractivity (Wildman–Crippen MR) is 141 cm³/mol. The highest BCUT2D eigenvalue weighted by molar-refractivity contribution is 6.15. The number of fused-ring (bicyclic) bond motifs is 2. The number of rotatable bonds is 5. The van der Waals surface area contributed by atoms with E-state index in [9.17, 15) is 4.79 Å². The third-order valence-electron chi connectivity index (χ3n) is 7.83. The molecule has 2 N–H and O–H groups in total. The van der Waals surface area contributed by atoms with E-state index < -0.39 is 0 Å². The Morgan fingerprint density at radius 2 is 1.86 bits per heavy atom. The van der Waals surface area contributed by atoms with E-state index in [0.717, 1.165) is 46.8 Å². The van der Waals surface area contributed by atoms with Crippen molar-refractivity contribution < 1.29 is 4.79 Å². The molecule has 0 spiro atoms. The molecule has 0 amide bonds. The summed E-state index contributed by atoms with van der Waals surface area (Å²) in [6.45, 7) is 7.62. The molecule has 1 fully saturated rings. The van der Waals surface area contributed by atoms with Gasteiger partial charge in [0.05, 0.1) is 23.1 Å². The maximum Gasteiger partial charge on any atom is 0.194 e. The van der Waals surface area contributed by atoms with Crippen LogP contribution in [0.3, 0.4) is 0 Å². The second-order valence-corrected chi connectivity index (χ2v) is 10.3. The first-order chi connectivity index (χ1) is 16.9. The van der Waals surface area contributed by atoms with E-state index in [1.165, 1.54) is 24.0 Å². The van der Waals surface area contributed by atoms with Crippen LogP contribution in [0.5, 0.6) is 0 Å². The number of carbonyl (C=O) groups excluding carboxylic acids is 1. The number of nitrogens with two attached hydrogens (primary N) is 1. The van der Waals surface area contributed by atoms with Crippen LogP contribution in [0.4, 0.5) is 11.5 Å². The minimum absolute atomic E-state index is 0.0476. The van der Waals surface area contributed by atoms with Gasteiger partial charge in [-0.15, -0.1) is 0 Å². The average Bonchev–Trinajstić information content (AvgIpc) is 3.60. The van der Waals surface area contributed by atoms with Crippen LogP contribution < -0.4 is 5.73 Å². The van der Waals surface area contributed by atoms with Gasteiger partial charge >= 0.3 is 0 Å².